The molecule has 1 aliphatic heterocycles. The Bertz CT molecular complexity index is 257. The van der Waals surface area contributed by atoms with Gasteiger partial charge in [0, 0.05) is 12.6 Å². The summed E-state index contributed by atoms with van der Waals surface area (Å²) in [5.74, 6) is 0.972. The summed E-state index contributed by atoms with van der Waals surface area (Å²) in [6, 6.07) is 2.04. The molecule has 0 N–H and O–H groups in total. The monoisotopic (exact) mass is 135 g/mol. The first kappa shape index (κ1) is 5.71. The third-order valence-corrected chi connectivity index (χ3v) is 1.66. The summed E-state index contributed by atoms with van der Waals surface area (Å²) < 4.78 is 5.32. The van der Waals surface area contributed by atoms with Crippen molar-refractivity contribution in [1.82, 2.24) is 4.98 Å². The van der Waals surface area contributed by atoms with Crippen LogP contribution in [0.5, 0.6) is 5.75 Å². The molecule has 2 heteroatoms. The molecule has 0 atom stereocenters. The van der Waals surface area contributed by atoms with Crippen LogP contribution in [0.2, 0.25) is 0 Å². The second kappa shape index (κ2) is 1.97. The maximum Gasteiger partial charge on any atom is 0.141 e. The van der Waals surface area contributed by atoms with Crippen molar-refractivity contribution in [1.29, 1.82) is 0 Å². The second-order valence-corrected chi connectivity index (χ2v) is 2.56. The summed E-state index contributed by atoms with van der Waals surface area (Å²) in [5, 5.41) is 0. The van der Waals surface area contributed by atoms with Crippen LogP contribution >= 0.6 is 0 Å². The molecule has 0 fully saturated rings. The maximum atomic E-state index is 5.32. The van der Waals surface area contributed by atoms with Crippen molar-refractivity contribution < 1.29 is 4.74 Å². The van der Waals surface area contributed by atoms with Crippen LogP contribution in [0, 0.1) is 6.92 Å². The van der Waals surface area contributed by atoms with E-state index < -0.39 is 0 Å². The van der Waals surface area contributed by atoms with Gasteiger partial charge in [-0.05, 0) is 18.6 Å². The molecule has 1 aliphatic rings. The summed E-state index contributed by atoms with van der Waals surface area (Å²) in [7, 11) is 0. The maximum absolute atomic E-state index is 5.32. The molecule has 0 aromatic carbocycles. The SMILES string of the molecule is Cc1cnc2c(c1)OCC2. The Balaban J connectivity index is 2.52. The number of ether oxygens (including phenoxy) is 1. The molecule has 0 radical (unpaired) electrons. The third-order valence-electron chi connectivity index (χ3n) is 1.66. The van der Waals surface area contributed by atoms with E-state index in [0.29, 0.717) is 0 Å². The van der Waals surface area contributed by atoms with E-state index in [4.69, 9.17) is 4.74 Å². The van der Waals surface area contributed by atoms with Gasteiger partial charge in [-0.15, -0.1) is 0 Å². The first-order valence-electron chi connectivity index (χ1n) is 3.44. The van der Waals surface area contributed by atoms with Crippen LogP contribution in [-0.4, -0.2) is 11.6 Å². The third kappa shape index (κ3) is 0.764. The number of aryl methyl sites for hydroxylation is 1. The van der Waals surface area contributed by atoms with Gasteiger partial charge in [0.2, 0.25) is 0 Å². The molecule has 2 rings (SSSR count). The van der Waals surface area contributed by atoms with Crippen LogP contribution in [0.3, 0.4) is 0 Å². The molecule has 0 saturated heterocycles. The smallest absolute Gasteiger partial charge is 0.141 e. The summed E-state index contributed by atoms with van der Waals surface area (Å²) in [5.41, 5.74) is 2.27. The van der Waals surface area contributed by atoms with E-state index >= 15 is 0 Å². The fourth-order valence-electron chi connectivity index (χ4n) is 1.14. The number of rotatable bonds is 0. The van der Waals surface area contributed by atoms with E-state index in [-0.39, 0.29) is 0 Å². The first-order chi connectivity index (χ1) is 4.86. The minimum Gasteiger partial charge on any atom is -0.491 e. The Labute approximate surface area is 59.9 Å². The Morgan fingerprint density at radius 2 is 2.50 bits per heavy atom. The van der Waals surface area contributed by atoms with E-state index in [1.165, 1.54) is 5.56 Å². The summed E-state index contributed by atoms with van der Waals surface area (Å²) >= 11 is 0. The molecule has 0 aliphatic carbocycles. The van der Waals surface area contributed by atoms with E-state index in [1.807, 2.05) is 19.2 Å². The van der Waals surface area contributed by atoms with E-state index in [2.05, 4.69) is 4.98 Å². The van der Waals surface area contributed by atoms with E-state index in [0.717, 1.165) is 24.5 Å². The Morgan fingerprint density at radius 3 is 3.40 bits per heavy atom. The lowest BCUT2D eigenvalue weighted by Gasteiger charge is -1.97. The largest absolute Gasteiger partial charge is 0.491 e. The fourth-order valence-corrected chi connectivity index (χ4v) is 1.14. The van der Waals surface area contributed by atoms with Gasteiger partial charge in [-0.25, -0.2) is 0 Å². The van der Waals surface area contributed by atoms with Gasteiger partial charge in [-0.2, -0.15) is 0 Å². The first-order valence-corrected chi connectivity index (χ1v) is 3.44. The molecule has 0 spiro atoms. The van der Waals surface area contributed by atoms with Crippen LogP contribution in [0.4, 0.5) is 0 Å². The minimum atomic E-state index is 0.797. The highest BCUT2D eigenvalue weighted by Gasteiger charge is 2.11. The van der Waals surface area contributed by atoms with Gasteiger partial charge < -0.3 is 4.74 Å². The van der Waals surface area contributed by atoms with Crippen LogP contribution in [0.25, 0.3) is 0 Å². The lowest BCUT2D eigenvalue weighted by Crippen LogP contribution is -1.86. The molecule has 52 valence electrons. The van der Waals surface area contributed by atoms with E-state index in [9.17, 15) is 0 Å². The number of hydrogen-bond donors (Lipinski definition) is 0. The number of pyridine rings is 1. The Hall–Kier alpha value is -1.05. The van der Waals surface area contributed by atoms with Gasteiger partial charge in [0.1, 0.15) is 5.75 Å². The topological polar surface area (TPSA) is 22.1 Å². The number of fused-ring (bicyclic) bond motifs is 1. The molecule has 0 unspecified atom stereocenters. The number of aromatic nitrogens is 1. The average molecular weight is 135 g/mol. The quantitative estimate of drug-likeness (QED) is 0.535. The van der Waals surface area contributed by atoms with Crippen LogP contribution < -0.4 is 4.74 Å². The number of nitrogens with zero attached hydrogens (tertiary/aromatic N) is 1. The Kier molecular flexibility index (Phi) is 1.13. The van der Waals surface area contributed by atoms with Gasteiger partial charge in [0.05, 0.1) is 12.3 Å². The highest BCUT2D eigenvalue weighted by atomic mass is 16.5. The number of hydrogen-bond acceptors (Lipinski definition) is 2. The van der Waals surface area contributed by atoms with Crippen molar-refractivity contribution in [3.8, 4) is 5.75 Å². The molecule has 0 bridgehead atoms. The molecule has 1 aromatic heterocycles. The van der Waals surface area contributed by atoms with Crippen LogP contribution in [-0.2, 0) is 6.42 Å². The minimum absolute atomic E-state index is 0.797. The standard InChI is InChI=1S/C8H9NO/c1-6-4-8-7(9-5-6)2-3-10-8/h4-5H,2-3H2,1H3. The molecule has 0 saturated carbocycles. The predicted octanol–water partition coefficient (Wildman–Crippen LogP) is 1.32. The van der Waals surface area contributed by atoms with Crippen molar-refractivity contribution >= 4 is 0 Å². The second-order valence-electron chi connectivity index (χ2n) is 2.56. The highest BCUT2D eigenvalue weighted by Crippen LogP contribution is 2.22. The summed E-state index contributed by atoms with van der Waals surface area (Å²) in [4.78, 5) is 4.23. The molecular weight excluding hydrogens is 126 g/mol. The van der Waals surface area contributed by atoms with Gasteiger partial charge in [0.25, 0.3) is 0 Å². The summed E-state index contributed by atoms with van der Waals surface area (Å²) in [6.07, 6.45) is 2.85. The summed E-state index contributed by atoms with van der Waals surface area (Å²) in [6.45, 7) is 2.82. The van der Waals surface area contributed by atoms with Crippen molar-refractivity contribution in [2.24, 2.45) is 0 Å². The normalized spacial score (nSPS) is 14.5. The lowest BCUT2D eigenvalue weighted by atomic mass is 10.2. The van der Waals surface area contributed by atoms with Crippen molar-refractivity contribution in [2.75, 3.05) is 6.61 Å². The molecule has 0 amide bonds. The van der Waals surface area contributed by atoms with Crippen LogP contribution in [0.15, 0.2) is 12.3 Å². The van der Waals surface area contributed by atoms with Gasteiger partial charge >= 0.3 is 0 Å². The van der Waals surface area contributed by atoms with Crippen molar-refractivity contribution in [2.45, 2.75) is 13.3 Å². The lowest BCUT2D eigenvalue weighted by molar-refractivity contribution is 0.356. The molecule has 2 heterocycles. The predicted molar refractivity (Wildman–Crippen MR) is 38.2 cm³/mol. The van der Waals surface area contributed by atoms with Gasteiger partial charge in [-0.3, -0.25) is 4.98 Å². The zero-order valence-electron chi connectivity index (χ0n) is 5.92. The fraction of sp³-hybridized carbons (Fsp3) is 0.375. The molecule has 2 nitrogen and oxygen atoms in total. The van der Waals surface area contributed by atoms with Crippen molar-refractivity contribution in [3.05, 3.63) is 23.5 Å². The Morgan fingerprint density at radius 1 is 1.60 bits per heavy atom. The zero-order valence-corrected chi connectivity index (χ0v) is 5.92. The van der Waals surface area contributed by atoms with Crippen LogP contribution in [0.1, 0.15) is 11.3 Å². The van der Waals surface area contributed by atoms with Gasteiger partial charge in [0.15, 0.2) is 0 Å². The zero-order chi connectivity index (χ0) is 6.97. The molecule has 1 aromatic rings. The average Bonchev–Trinajstić information content (AvgIpc) is 2.33. The van der Waals surface area contributed by atoms with Gasteiger partial charge in [-0.1, -0.05) is 0 Å². The molecular formula is C8H9NO. The van der Waals surface area contributed by atoms with E-state index in [1.54, 1.807) is 0 Å². The van der Waals surface area contributed by atoms with Crippen molar-refractivity contribution in [3.63, 3.8) is 0 Å². The molecule has 10 heavy (non-hydrogen) atoms. The highest BCUT2D eigenvalue weighted by molar-refractivity contribution is 5.33.